The van der Waals surface area contributed by atoms with Gasteiger partial charge in [0.1, 0.15) is 0 Å². The average Bonchev–Trinajstić information content (AvgIpc) is 2.87. The van der Waals surface area contributed by atoms with E-state index in [1.807, 2.05) is 72.8 Å². The third-order valence-electron chi connectivity index (χ3n) is 5.55. The molecule has 1 N–H and O–H groups in total. The number of rotatable bonds is 9. The SMILES string of the molecule is O=C(CCNCC(c1ccccc1)c1ccccc1)N(c1ccccc1)c1ccccc1. The average molecular weight is 421 g/mol. The van der Waals surface area contributed by atoms with Gasteiger partial charge in [-0.1, -0.05) is 97.1 Å². The van der Waals surface area contributed by atoms with Gasteiger partial charge < -0.3 is 5.32 Å². The van der Waals surface area contributed by atoms with Crippen LogP contribution in [0.15, 0.2) is 121 Å². The highest BCUT2D eigenvalue weighted by atomic mass is 16.2. The highest BCUT2D eigenvalue weighted by Gasteiger charge is 2.18. The van der Waals surface area contributed by atoms with Gasteiger partial charge in [-0.3, -0.25) is 9.69 Å². The van der Waals surface area contributed by atoms with E-state index in [2.05, 4.69) is 53.8 Å². The minimum atomic E-state index is 0.0749. The number of nitrogens with one attached hydrogen (secondary N) is 1. The van der Waals surface area contributed by atoms with E-state index in [0.29, 0.717) is 13.0 Å². The quantitative estimate of drug-likeness (QED) is 0.329. The fourth-order valence-corrected chi connectivity index (χ4v) is 3.94. The monoisotopic (exact) mass is 420 g/mol. The summed E-state index contributed by atoms with van der Waals surface area (Å²) in [6.45, 7) is 1.39. The van der Waals surface area contributed by atoms with E-state index in [-0.39, 0.29) is 11.8 Å². The van der Waals surface area contributed by atoms with Crippen LogP contribution < -0.4 is 10.2 Å². The van der Waals surface area contributed by atoms with Crippen LogP contribution in [0.4, 0.5) is 11.4 Å². The second-order valence-corrected chi connectivity index (χ2v) is 7.73. The van der Waals surface area contributed by atoms with Gasteiger partial charge >= 0.3 is 0 Å². The molecule has 0 aliphatic heterocycles. The Kier molecular flexibility index (Phi) is 7.46. The van der Waals surface area contributed by atoms with Gasteiger partial charge in [-0.25, -0.2) is 0 Å². The van der Waals surface area contributed by atoms with Crippen molar-refractivity contribution in [2.45, 2.75) is 12.3 Å². The van der Waals surface area contributed by atoms with E-state index in [0.717, 1.165) is 17.9 Å². The minimum absolute atomic E-state index is 0.0749. The van der Waals surface area contributed by atoms with Crippen LogP contribution in [-0.2, 0) is 4.79 Å². The lowest BCUT2D eigenvalue weighted by Gasteiger charge is -2.24. The van der Waals surface area contributed by atoms with Crippen molar-refractivity contribution in [3.8, 4) is 0 Å². The summed E-state index contributed by atoms with van der Waals surface area (Å²) >= 11 is 0. The lowest BCUT2D eigenvalue weighted by atomic mass is 9.91. The first-order valence-corrected chi connectivity index (χ1v) is 11.1. The Balaban J connectivity index is 1.42. The fraction of sp³-hybridized carbons (Fsp3) is 0.138. The molecule has 160 valence electrons. The molecule has 1 amide bonds. The van der Waals surface area contributed by atoms with Crippen LogP contribution in [0.5, 0.6) is 0 Å². The van der Waals surface area contributed by atoms with E-state index in [1.165, 1.54) is 11.1 Å². The number of benzene rings is 4. The molecule has 4 rings (SSSR count). The molecule has 0 aromatic heterocycles. The van der Waals surface area contributed by atoms with Crippen molar-refractivity contribution in [3.63, 3.8) is 0 Å². The Morgan fingerprint density at radius 1 is 0.625 bits per heavy atom. The highest BCUT2D eigenvalue weighted by Crippen LogP contribution is 2.26. The van der Waals surface area contributed by atoms with E-state index < -0.39 is 0 Å². The fourth-order valence-electron chi connectivity index (χ4n) is 3.94. The first-order valence-electron chi connectivity index (χ1n) is 11.1. The summed E-state index contributed by atoms with van der Waals surface area (Å²) in [7, 11) is 0. The van der Waals surface area contributed by atoms with Crippen LogP contribution in [0.25, 0.3) is 0 Å². The Morgan fingerprint density at radius 3 is 1.47 bits per heavy atom. The number of carbonyl (C=O) groups excluding carboxylic acids is 1. The van der Waals surface area contributed by atoms with E-state index in [1.54, 1.807) is 4.90 Å². The van der Waals surface area contributed by atoms with E-state index in [4.69, 9.17) is 0 Å². The molecule has 0 saturated heterocycles. The van der Waals surface area contributed by atoms with Crippen LogP contribution >= 0.6 is 0 Å². The zero-order valence-electron chi connectivity index (χ0n) is 18.1. The third kappa shape index (κ3) is 5.51. The van der Waals surface area contributed by atoms with E-state index >= 15 is 0 Å². The smallest absolute Gasteiger partial charge is 0.232 e. The van der Waals surface area contributed by atoms with Gasteiger partial charge in [0.2, 0.25) is 5.91 Å². The molecule has 0 saturated carbocycles. The van der Waals surface area contributed by atoms with Gasteiger partial charge in [-0.15, -0.1) is 0 Å². The molecule has 0 bridgehead atoms. The van der Waals surface area contributed by atoms with Gasteiger partial charge in [-0.2, -0.15) is 0 Å². The van der Waals surface area contributed by atoms with Crippen molar-refractivity contribution >= 4 is 17.3 Å². The normalized spacial score (nSPS) is 10.8. The molecule has 4 aromatic carbocycles. The first-order chi connectivity index (χ1) is 15.8. The molecule has 32 heavy (non-hydrogen) atoms. The molecule has 0 aliphatic rings. The van der Waals surface area contributed by atoms with Gasteiger partial charge in [0.05, 0.1) is 0 Å². The summed E-state index contributed by atoms with van der Waals surface area (Å²) in [5.41, 5.74) is 4.31. The molecule has 0 atom stereocenters. The molecule has 0 spiro atoms. The number of hydrogen-bond donors (Lipinski definition) is 1. The van der Waals surface area contributed by atoms with Crippen molar-refractivity contribution in [2.24, 2.45) is 0 Å². The van der Waals surface area contributed by atoms with Gasteiger partial charge in [0, 0.05) is 36.8 Å². The Hall–Kier alpha value is -3.69. The number of amides is 1. The predicted molar refractivity (Wildman–Crippen MR) is 132 cm³/mol. The van der Waals surface area contributed by atoms with E-state index in [9.17, 15) is 4.79 Å². The maximum atomic E-state index is 13.2. The largest absolute Gasteiger partial charge is 0.315 e. The molecule has 3 heteroatoms. The summed E-state index contributed by atoms with van der Waals surface area (Å²) < 4.78 is 0. The maximum Gasteiger partial charge on any atom is 0.232 e. The molecular formula is C29H28N2O. The Morgan fingerprint density at radius 2 is 1.03 bits per heavy atom. The molecule has 3 nitrogen and oxygen atoms in total. The number of hydrogen-bond acceptors (Lipinski definition) is 2. The van der Waals surface area contributed by atoms with Crippen molar-refractivity contribution in [1.29, 1.82) is 0 Å². The van der Waals surface area contributed by atoms with Crippen LogP contribution in [0.1, 0.15) is 23.5 Å². The summed E-state index contributed by atoms with van der Waals surface area (Å²) in [6, 6.07) is 40.7. The minimum Gasteiger partial charge on any atom is -0.315 e. The lowest BCUT2D eigenvalue weighted by Crippen LogP contribution is -2.31. The third-order valence-corrected chi connectivity index (χ3v) is 5.55. The number of nitrogens with zero attached hydrogens (tertiary/aromatic N) is 1. The van der Waals surface area contributed by atoms with Crippen molar-refractivity contribution in [1.82, 2.24) is 5.32 Å². The van der Waals surface area contributed by atoms with Crippen LogP contribution in [-0.4, -0.2) is 19.0 Å². The standard InChI is InChI=1S/C29H28N2O/c32-29(31(26-17-9-3-10-18-26)27-19-11-4-12-20-27)21-22-30-23-28(24-13-5-1-6-14-24)25-15-7-2-8-16-25/h1-20,28,30H,21-23H2. The summed E-state index contributed by atoms with van der Waals surface area (Å²) in [6.07, 6.45) is 0.417. The van der Waals surface area contributed by atoms with Gasteiger partial charge in [-0.05, 0) is 35.4 Å². The topological polar surface area (TPSA) is 32.3 Å². The van der Waals surface area contributed by atoms with Crippen LogP contribution in [0.2, 0.25) is 0 Å². The van der Waals surface area contributed by atoms with Crippen LogP contribution in [0.3, 0.4) is 0 Å². The zero-order valence-corrected chi connectivity index (χ0v) is 18.1. The lowest BCUT2D eigenvalue weighted by molar-refractivity contribution is -0.117. The Bertz CT molecular complexity index is 1000. The highest BCUT2D eigenvalue weighted by molar-refractivity contribution is 6.00. The molecule has 0 fully saturated rings. The summed E-state index contributed by atoms with van der Waals surface area (Å²) in [4.78, 5) is 15.0. The molecule has 0 radical (unpaired) electrons. The maximum absolute atomic E-state index is 13.2. The first kappa shape index (κ1) is 21.5. The van der Waals surface area contributed by atoms with Crippen molar-refractivity contribution in [2.75, 3.05) is 18.0 Å². The molecule has 0 aliphatic carbocycles. The molecular weight excluding hydrogens is 392 g/mol. The summed E-state index contributed by atoms with van der Waals surface area (Å²) in [5, 5.41) is 3.52. The zero-order chi connectivity index (χ0) is 22.0. The number of anilines is 2. The summed E-state index contributed by atoms with van der Waals surface area (Å²) in [5.74, 6) is 0.317. The second-order valence-electron chi connectivity index (χ2n) is 7.73. The van der Waals surface area contributed by atoms with Crippen molar-refractivity contribution in [3.05, 3.63) is 132 Å². The van der Waals surface area contributed by atoms with Crippen LogP contribution in [0, 0.1) is 0 Å². The van der Waals surface area contributed by atoms with Gasteiger partial charge in [0.25, 0.3) is 0 Å². The molecule has 0 unspecified atom stereocenters. The van der Waals surface area contributed by atoms with Gasteiger partial charge in [0.15, 0.2) is 0 Å². The Labute approximate surface area is 190 Å². The number of para-hydroxylation sites is 2. The molecule has 0 heterocycles. The number of carbonyl (C=O) groups is 1. The predicted octanol–water partition coefficient (Wildman–Crippen LogP) is 6.16. The second kappa shape index (κ2) is 11.1. The van der Waals surface area contributed by atoms with Crippen molar-refractivity contribution < 1.29 is 4.79 Å². The molecule has 4 aromatic rings.